The fraction of sp³-hybridized carbons (Fsp3) is 0.308. The van der Waals surface area contributed by atoms with Gasteiger partial charge in [0.15, 0.2) is 5.78 Å². The summed E-state index contributed by atoms with van der Waals surface area (Å²) in [5.74, 6) is 2.74. The highest BCUT2D eigenvalue weighted by Crippen LogP contribution is 2.18. The number of carbonyl (C=O) groups excluding carboxylic acids is 1. The average Bonchev–Trinajstić information content (AvgIpc) is 2.22. The molecule has 78 valence electrons. The molecule has 0 saturated heterocycles. The summed E-state index contributed by atoms with van der Waals surface area (Å²) < 4.78 is 1.06. The van der Waals surface area contributed by atoms with E-state index in [2.05, 4.69) is 28.5 Å². The van der Waals surface area contributed by atoms with Gasteiger partial charge in [0.25, 0.3) is 0 Å². The number of hydrogen-bond acceptors (Lipinski definition) is 1. The standard InChI is InChI=1S/C13H13IO/c1-3-4-5-9-12(15)11-8-6-7-10(2)13(11)14/h1,6-8H,4-5,9H2,2H3. The maximum atomic E-state index is 11.8. The third-order valence-electron chi connectivity index (χ3n) is 2.22. The van der Waals surface area contributed by atoms with Gasteiger partial charge in [-0.15, -0.1) is 12.3 Å². The van der Waals surface area contributed by atoms with Crippen LogP contribution in [0.5, 0.6) is 0 Å². The van der Waals surface area contributed by atoms with E-state index >= 15 is 0 Å². The monoisotopic (exact) mass is 312 g/mol. The molecule has 0 aliphatic rings. The number of Topliss-reactive ketones (excluding diaryl/α,β-unsaturated/α-hetero) is 1. The van der Waals surface area contributed by atoms with Crippen LogP contribution in [0, 0.1) is 22.8 Å². The first-order chi connectivity index (χ1) is 7.16. The molecule has 0 saturated carbocycles. The summed E-state index contributed by atoms with van der Waals surface area (Å²) in [4.78, 5) is 11.8. The van der Waals surface area contributed by atoms with E-state index < -0.39 is 0 Å². The first kappa shape index (κ1) is 12.3. The maximum Gasteiger partial charge on any atom is 0.163 e. The highest BCUT2D eigenvalue weighted by Gasteiger charge is 2.10. The third-order valence-corrected chi connectivity index (χ3v) is 3.65. The van der Waals surface area contributed by atoms with Gasteiger partial charge in [0.1, 0.15) is 0 Å². The average molecular weight is 312 g/mol. The molecule has 0 heterocycles. The fourth-order valence-electron chi connectivity index (χ4n) is 1.35. The van der Waals surface area contributed by atoms with E-state index in [1.165, 1.54) is 0 Å². The van der Waals surface area contributed by atoms with Gasteiger partial charge >= 0.3 is 0 Å². The van der Waals surface area contributed by atoms with Crippen LogP contribution in [-0.4, -0.2) is 5.78 Å². The molecule has 0 fully saturated rings. The van der Waals surface area contributed by atoms with E-state index in [9.17, 15) is 4.79 Å². The summed E-state index contributed by atoms with van der Waals surface area (Å²) in [5, 5.41) is 0. The largest absolute Gasteiger partial charge is 0.294 e. The smallest absolute Gasteiger partial charge is 0.163 e. The Morgan fingerprint density at radius 3 is 2.93 bits per heavy atom. The van der Waals surface area contributed by atoms with Gasteiger partial charge in [0.2, 0.25) is 0 Å². The van der Waals surface area contributed by atoms with E-state index in [1.807, 2.05) is 25.1 Å². The molecule has 2 heteroatoms. The van der Waals surface area contributed by atoms with Crippen LogP contribution in [0.25, 0.3) is 0 Å². The van der Waals surface area contributed by atoms with E-state index in [1.54, 1.807) is 0 Å². The minimum absolute atomic E-state index is 0.193. The number of ketones is 1. The van der Waals surface area contributed by atoms with Gasteiger partial charge in [-0.1, -0.05) is 18.2 Å². The molecular weight excluding hydrogens is 299 g/mol. The predicted octanol–water partition coefficient (Wildman–Crippen LogP) is 3.59. The molecular formula is C13H13IO. The van der Waals surface area contributed by atoms with Crippen molar-refractivity contribution in [2.75, 3.05) is 0 Å². The van der Waals surface area contributed by atoms with E-state index in [4.69, 9.17) is 6.42 Å². The minimum atomic E-state index is 0.193. The van der Waals surface area contributed by atoms with Crippen LogP contribution in [0.4, 0.5) is 0 Å². The lowest BCUT2D eigenvalue weighted by atomic mass is 10.0. The molecule has 0 amide bonds. The molecule has 0 aromatic heterocycles. The molecule has 0 spiro atoms. The molecule has 1 aromatic carbocycles. The van der Waals surface area contributed by atoms with Gasteiger partial charge in [-0.3, -0.25) is 4.79 Å². The molecule has 1 rings (SSSR count). The Balaban J connectivity index is 2.75. The number of aryl methyl sites for hydroxylation is 1. The molecule has 0 unspecified atom stereocenters. The van der Waals surface area contributed by atoms with Gasteiger partial charge in [-0.25, -0.2) is 0 Å². The van der Waals surface area contributed by atoms with Gasteiger partial charge in [0.05, 0.1) is 0 Å². The Morgan fingerprint density at radius 2 is 2.27 bits per heavy atom. The summed E-state index contributed by atoms with van der Waals surface area (Å²) >= 11 is 2.22. The van der Waals surface area contributed by atoms with Crippen LogP contribution in [0.15, 0.2) is 18.2 Å². The zero-order valence-corrected chi connectivity index (χ0v) is 10.9. The molecule has 0 aliphatic carbocycles. The second kappa shape index (κ2) is 5.92. The second-order valence-electron chi connectivity index (χ2n) is 3.42. The molecule has 15 heavy (non-hydrogen) atoms. The molecule has 0 radical (unpaired) electrons. The van der Waals surface area contributed by atoms with Crippen LogP contribution in [0.3, 0.4) is 0 Å². The molecule has 0 atom stereocenters. The van der Waals surface area contributed by atoms with Crippen molar-refractivity contribution >= 4 is 28.4 Å². The van der Waals surface area contributed by atoms with Gasteiger partial charge < -0.3 is 0 Å². The zero-order chi connectivity index (χ0) is 11.3. The van der Waals surface area contributed by atoms with Crippen LogP contribution in [-0.2, 0) is 0 Å². The number of hydrogen-bond donors (Lipinski definition) is 0. The highest BCUT2D eigenvalue weighted by atomic mass is 127. The Morgan fingerprint density at radius 1 is 1.53 bits per heavy atom. The van der Waals surface area contributed by atoms with Crippen molar-refractivity contribution in [3.63, 3.8) is 0 Å². The van der Waals surface area contributed by atoms with Crippen molar-refractivity contribution in [3.05, 3.63) is 32.9 Å². The van der Waals surface area contributed by atoms with Crippen LogP contribution in [0.2, 0.25) is 0 Å². The normalized spacial score (nSPS) is 9.67. The third kappa shape index (κ3) is 3.35. The Kier molecular flexibility index (Phi) is 4.83. The van der Waals surface area contributed by atoms with Crippen LogP contribution < -0.4 is 0 Å². The minimum Gasteiger partial charge on any atom is -0.294 e. The number of rotatable bonds is 4. The Hall–Kier alpha value is -0.820. The fourth-order valence-corrected chi connectivity index (χ4v) is 2.01. The van der Waals surface area contributed by atoms with E-state index in [-0.39, 0.29) is 5.78 Å². The van der Waals surface area contributed by atoms with Gasteiger partial charge in [0, 0.05) is 22.0 Å². The lowest BCUT2D eigenvalue weighted by Gasteiger charge is -2.05. The first-order valence-electron chi connectivity index (χ1n) is 4.88. The van der Waals surface area contributed by atoms with Crippen molar-refractivity contribution < 1.29 is 4.79 Å². The number of carbonyl (C=O) groups is 1. The summed E-state index contributed by atoms with van der Waals surface area (Å²) in [6, 6.07) is 5.82. The zero-order valence-electron chi connectivity index (χ0n) is 8.72. The lowest BCUT2D eigenvalue weighted by Crippen LogP contribution is -2.02. The molecule has 1 aromatic rings. The molecule has 0 aliphatic heterocycles. The topological polar surface area (TPSA) is 17.1 Å². The van der Waals surface area contributed by atoms with E-state index in [0.29, 0.717) is 12.8 Å². The van der Waals surface area contributed by atoms with Crippen molar-refractivity contribution in [2.45, 2.75) is 26.2 Å². The van der Waals surface area contributed by atoms with Crippen molar-refractivity contribution in [1.82, 2.24) is 0 Å². The summed E-state index contributed by atoms with van der Waals surface area (Å²) in [7, 11) is 0. The second-order valence-corrected chi connectivity index (χ2v) is 4.50. The van der Waals surface area contributed by atoms with Gasteiger partial charge in [-0.05, 0) is 41.5 Å². The summed E-state index contributed by atoms with van der Waals surface area (Å²) in [6.45, 7) is 2.01. The maximum absolute atomic E-state index is 11.8. The number of terminal acetylenes is 1. The first-order valence-corrected chi connectivity index (χ1v) is 5.96. The van der Waals surface area contributed by atoms with Crippen LogP contribution >= 0.6 is 22.6 Å². The SMILES string of the molecule is C#CCCCC(=O)c1cccc(C)c1I. The number of halogens is 1. The number of benzene rings is 1. The predicted molar refractivity (Wildman–Crippen MR) is 70.9 cm³/mol. The quantitative estimate of drug-likeness (QED) is 0.359. The van der Waals surface area contributed by atoms with Crippen LogP contribution in [0.1, 0.15) is 35.2 Å². The van der Waals surface area contributed by atoms with Gasteiger partial charge in [-0.2, -0.15) is 0 Å². The van der Waals surface area contributed by atoms with E-state index in [0.717, 1.165) is 21.1 Å². The Bertz CT molecular complexity index is 401. The summed E-state index contributed by atoms with van der Waals surface area (Å²) in [5.41, 5.74) is 1.98. The molecule has 0 bridgehead atoms. The van der Waals surface area contributed by atoms with Crippen molar-refractivity contribution in [2.24, 2.45) is 0 Å². The lowest BCUT2D eigenvalue weighted by molar-refractivity contribution is 0.0979. The Labute approximate surface area is 104 Å². The van der Waals surface area contributed by atoms with Crippen molar-refractivity contribution in [3.8, 4) is 12.3 Å². The molecule has 0 N–H and O–H groups in total. The molecule has 1 nitrogen and oxygen atoms in total. The highest BCUT2D eigenvalue weighted by molar-refractivity contribution is 14.1. The van der Waals surface area contributed by atoms with Crippen molar-refractivity contribution in [1.29, 1.82) is 0 Å². The summed E-state index contributed by atoms with van der Waals surface area (Å²) in [6.07, 6.45) is 7.14. The number of unbranched alkanes of at least 4 members (excludes halogenated alkanes) is 1.